The molecule has 0 unspecified atom stereocenters. The third kappa shape index (κ3) is 1.83. The van der Waals surface area contributed by atoms with Crippen molar-refractivity contribution in [2.24, 2.45) is 5.11 Å². The zero-order chi connectivity index (χ0) is 8.97. The van der Waals surface area contributed by atoms with E-state index in [1.54, 1.807) is 13.1 Å². The largest absolute Gasteiger partial charge is 0.383 e. The smallest absolute Gasteiger partial charge is 0.214 e. The van der Waals surface area contributed by atoms with Crippen molar-refractivity contribution in [2.45, 2.75) is 13.5 Å². The molecule has 0 radical (unpaired) electrons. The highest BCUT2D eigenvalue weighted by atomic mass is 15.1. The van der Waals surface area contributed by atoms with Gasteiger partial charge in [0.05, 0.1) is 0 Å². The van der Waals surface area contributed by atoms with E-state index in [2.05, 4.69) is 20.0 Å². The molecule has 0 atom stereocenters. The first-order chi connectivity index (χ1) is 5.74. The molecule has 1 aromatic heterocycles. The predicted molar refractivity (Wildman–Crippen MR) is 42.2 cm³/mol. The topological polar surface area (TPSA) is 102 Å². The summed E-state index contributed by atoms with van der Waals surface area (Å²) in [5.74, 6) is 1.02. The normalized spacial score (nSPS) is 9.08. The van der Waals surface area contributed by atoms with Crippen LogP contribution >= 0.6 is 0 Å². The van der Waals surface area contributed by atoms with Crippen LogP contribution < -0.4 is 10.6 Å². The van der Waals surface area contributed by atoms with Crippen molar-refractivity contribution in [2.75, 3.05) is 5.73 Å². The molecule has 0 saturated heterocycles. The standard InChI is InChI=1S/C6H9N6/c1-4-9-2-5(3-10-12-8)6(7)11-4/h2,8H,3H2,1H3,(H2,7,9,11)/q+1. The number of nitrogens with zero attached hydrogens (tertiary/aromatic N) is 4. The van der Waals surface area contributed by atoms with Crippen molar-refractivity contribution in [3.63, 3.8) is 0 Å². The molecule has 3 N–H and O–H groups in total. The van der Waals surface area contributed by atoms with Crippen LogP contribution in [0.25, 0.3) is 0 Å². The van der Waals surface area contributed by atoms with Crippen LogP contribution in [0, 0.1) is 12.5 Å². The van der Waals surface area contributed by atoms with E-state index in [1.165, 1.54) is 0 Å². The molecule has 1 rings (SSSR count). The second kappa shape index (κ2) is 3.54. The fourth-order valence-electron chi connectivity index (χ4n) is 0.746. The van der Waals surface area contributed by atoms with Crippen LogP contribution in [0.3, 0.4) is 0 Å². The lowest BCUT2D eigenvalue weighted by Crippen LogP contribution is -2.00. The van der Waals surface area contributed by atoms with Gasteiger partial charge < -0.3 is 5.73 Å². The summed E-state index contributed by atoms with van der Waals surface area (Å²) in [6.45, 7) is 2.02. The lowest BCUT2D eigenvalue weighted by atomic mass is 10.3. The predicted octanol–water partition coefficient (Wildman–Crippen LogP) is 0.418. The van der Waals surface area contributed by atoms with Gasteiger partial charge in [0.1, 0.15) is 22.3 Å². The minimum absolute atomic E-state index is 0.260. The molecule has 0 amide bonds. The molecule has 12 heavy (non-hydrogen) atoms. The molecule has 62 valence electrons. The van der Waals surface area contributed by atoms with Gasteiger partial charge in [0.2, 0.25) is 4.91 Å². The first kappa shape index (κ1) is 8.29. The Morgan fingerprint density at radius 3 is 3.08 bits per heavy atom. The van der Waals surface area contributed by atoms with Crippen molar-refractivity contribution < 1.29 is 0 Å². The molecule has 0 aliphatic carbocycles. The van der Waals surface area contributed by atoms with Gasteiger partial charge in [-0.2, -0.15) is 0 Å². The molecule has 1 heterocycles. The van der Waals surface area contributed by atoms with Crippen LogP contribution in [0.2, 0.25) is 0 Å². The molecule has 0 fully saturated rings. The van der Waals surface area contributed by atoms with Gasteiger partial charge in [0, 0.05) is 11.8 Å². The average Bonchev–Trinajstić information content (AvgIpc) is 2.03. The zero-order valence-electron chi connectivity index (χ0n) is 6.65. The van der Waals surface area contributed by atoms with Gasteiger partial charge in [0.25, 0.3) is 0 Å². The monoisotopic (exact) mass is 165 g/mol. The number of rotatable bonds is 2. The van der Waals surface area contributed by atoms with Crippen LogP contribution in [0.5, 0.6) is 0 Å². The quantitative estimate of drug-likeness (QED) is 0.490. The van der Waals surface area contributed by atoms with Crippen LogP contribution in [-0.4, -0.2) is 9.97 Å². The molecular formula is C6H9N6+. The van der Waals surface area contributed by atoms with E-state index in [0.717, 1.165) is 0 Å². The molecule has 6 nitrogen and oxygen atoms in total. The van der Waals surface area contributed by atoms with Crippen molar-refractivity contribution in [3.8, 4) is 0 Å². The Morgan fingerprint density at radius 2 is 2.50 bits per heavy atom. The molecule has 1 aromatic rings. The Morgan fingerprint density at radius 1 is 1.75 bits per heavy atom. The van der Waals surface area contributed by atoms with E-state index in [0.29, 0.717) is 17.2 Å². The summed E-state index contributed by atoms with van der Waals surface area (Å²) < 4.78 is 0. The Balaban J connectivity index is 2.93. The van der Waals surface area contributed by atoms with Crippen molar-refractivity contribution in [1.29, 1.82) is 5.53 Å². The third-order valence-electron chi connectivity index (χ3n) is 1.33. The van der Waals surface area contributed by atoms with E-state index in [9.17, 15) is 0 Å². The Labute approximate surface area is 69.1 Å². The lowest BCUT2D eigenvalue weighted by molar-refractivity contribution is 0.847. The molecule has 0 bridgehead atoms. The number of aromatic nitrogens is 2. The number of hydrogen-bond donors (Lipinski definition) is 2. The van der Waals surface area contributed by atoms with Crippen molar-refractivity contribution in [3.05, 3.63) is 17.6 Å². The van der Waals surface area contributed by atoms with Gasteiger partial charge in [-0.1, -0.05) is 0 Å². The van der Waals surface area contributed by atoms with Crippen LogP contribution in [-0.2, 0) is 6.54 Å². The fraction of sp³-hybridized carbons (Fsp3) is 0.333. The number of nitrogens with one attached hydrogen (secondary N) is 1. The summed E-state index contributed by atoms with van der Waals surface area (Å²) >= 11 is 0. The van der Waals surface area contributed by atoms with Gasteiger partial charge in [-0.3, -0.25) is 0 Å². The summed E-state index contributed by atoms with van der Waals surface area (Å²) in [6, 6.07) is 0. The molecule has 6 heteroatoms. The van der Waals surface area contributed by atoms with Crippen LogP contribution in [0.4, 0.5) is 5.82 Å². The van der Waals surface area contributed by atoms with E-state index < -0.39 is 0 Å². The lowest BCUT2D eigenvalue weighted by Gasteiger charge is -1.97. The Kier molecular flexibility index (Phi) is 2.45. The summed E-state index contributed by atoms with van der Waals surface area (Å²) in [6.07, 6.45) is 1.59. The summed E-state index contributed by atoms with van der Waals surface area (Å²) in [5, 5.41) is 3.46. The molecule has 0 spiro atoms. The maximum Gasteiger partial charge on any atom is 0.214 e. The van der Waals surface area contributed by atoms with Gasteiger partial charge in [0.15, 0.2) is 6.54 Å². The highest BCUT2D eigenvalue weighted by Gasteiger charge is 2.02. The van der Waals surface area contributed by atoms with Gasteiger partial charge in [-0.05, 0) is 6.92 Å². The SMILES string of the molecule is Cc1ncc(CN=[N+]=N)c(N)n1. The number of nitrogens with two attached hydrogens (primary N) is 1. The minimum atomic E-state index is 0.260. The maximum atomic E-state index is 6.44. The second-order valence-electron chi connectivity index (χ2n) is 2.23. The van der Waals surface area contributed by atoms with E-state index in [4.69, 9.17) is 11.3 Å². The number of hydrogen-bond acceptors (Lipinski definition) is 5. The van der Waals surface area contributed by atoms with E-state index >= 15 is 0 Å². The molecule has 0 aliphatic rings. The zero-order valence-corrected chi connectivity index (χ0v) is 6.65. The minimum Gasteiger partial charge on any atom is -0.383 e. The van der Waals surface area contributed by atoms with Gasteiger partial charge >= 0.3 is 0 Å². The van der Waals surface area contributed by atoms with E-state index in [-0.39, 0.29) is 6.54 Å². The van der Waals surface area contributed by atoms with Crippen molar-refractivity contribution >= 4 is 5.82 Å². The first-order valence-corrected chi connectivity index (χ1v) is 3.35. The number of nitrogen functional groups attached to an aromatic ring is 1. The summed E-state index contributed by atoms with van der Waals surface area (Å²) in [5.41, 5.74) is 12.7. The van der Waals surface area contributed by atoms with E-state index in [1.807, 2.05) is 0 Å². The molecular weight excluding hydrogens is 156 g/mol. The van der Waals surface area contributed by atoms with Crippen LogP contribution in [0.1, 0.15) is 11.4 Å². The molecule has 0 saturated carbocycles. The summed E-state index contributed by atoms with van der Waals surface area (Å²) in [4.78, 5) is 10.7. The van der Waals surface area contributed by atoms with Gasteiger partial charge in [-0.15, -0.1) is 0 Å². The number of anilines is 1. The fourth-order valence-corrected chi connectivity index (χ4v) is 0.746. The highest BCUT2D eigenvalue weighted by molar-refractivity contribution is 5.37. The Bertz CT molecular complexity index is 327. The Hall–Kier alpha value is -1.81. The molecule has 0 aromatic carbocycles. The first-order valence-electron chi connectivity index (χ1n) is 3.35. The van der Waals surface area contributed by atoms with Gasteiger partial charge in [-0.25, -0.2) is 9.97 Å². The van der Waals surface area contributed by atoms with Crippen molar-refractivity contribution in [1.82, 2.24) is 14.9 Å². The average molecular weight is 165 g/mol. The summed E-state index contributed by atoms with van der Waals surface area (Å²) in [7, 11) is 0. The molecule has 0 aliphatic heterocycles. The second-order valence-corrected chi connectivity index (χ2v) is 2.23. The van der Waals surface area contributed by atoms with Crippen LogP contribution in [0.15, 0.2) is 11.3 Å². The highest BCUT2D eigenvalue weighted by Crippen LogP contribution is 2.07. The number of aryl methyl sites for hydroxylation is 1. The third-order valence-corrected chi connectivity index (χ3v) is 1.33. The maximum absolute atomic E-state index is 6.44.